The molecule has 0 saturated carbocycles. The van der Waals surface area contributed by atoms with E-state index < -0.39 is 0 Å². The normalized spacial score (nSPS) is 12.6. The first-order valence-electron chi connectivity index (χ1n) is 6.01. The van der Waals surface area contributed by atoms with Gasteiger partial charge in [-0.15, -0.1) is 0 Å². The Morgan fingerprint density at radius 3 is 2.95 bits per heavy atom. The summed E-state index contributed by atoms with van der Waals surface area (Å²) in [6, 6.07) is 7.44. The molecule has 0 fully saturated rings. The molecular formula is C13H16ClN3OS. The van der Waals surface area contributed by atoms with E-state index in [4.69, 9.17) is 21.9 Å². The van der Waals surface area contributed by atoms with E-state index in [1.807, 2.05) is 30.5 Å². The number of nitrogens with zero attached hydrogens (tertiary/aromatic N) is 2. The summed E-state index contributed by atoms with van der Waals surface area (Å²) in [5.74, 6) is 2.09. The van der Waals surface area contributed by atoms with Gasteiger partial charge in [-0.2, -0.15) is 16.7 Å². The van der Waals surface area contributed by atoms with Gasteiger partial charge in [0.2, 0.25) is 5.89 Å². The summed E-state index contributed by atoms with van der Waals surface area (Å²) in [6.07, 6.45) is 3.43. The molecule has 0 aliphatic rings. The van der Waals surface area contributed by atoms with Crippen molar-refractivity contribution < 1.29 is 4.52 Å². The van der Waals surface area contributed by atoms with Gasteiger partial charge in [0.1, 0.15) is 0 Å². The quantitative estimate of drug-likeness (QED) is 0.887. The molecule has 1 atom stereocenters. The van der Waals surface area contributed by atoms with Crippen LogP contribution in [-0.2, 0) is 6.42 Å². The third-order valence-electron chi connectivity index (χ3n) is 2.74. The Morgan fingerprint density at radius 1 is 1.42 bits per heavy atom. The van der Waals surface area contributed by atoms with Gasteiger partial charge in [0.05, 0.1) is 6.04 Å². The molecule has 1 aromatic heterocycles. The summed E-state index contributed by atoms with van der Waals surface area (Å²) in [5.41, 5.74) is 6.96. The first-order valence-corrected chi connectivity index (χ1v) is 7.78. The van der Waals surface area contributed by atoms with Crippen molar-refractivity contribution in [3.63, 3.8) is 0 Å². The summed E-state index contributed by atoms with van der Waals surface area (Å²) in [7, 11) is 0. The zero-order chi connectivity index (χ0) is 13.7. The van der Waals surface area contributed by atoms with Crippen LogP contribution in [0, 0.1) is 0 Å². The first kappa shape index (κ1) is 14.4. The van der Waals surface area contributed by atoms with Crippen LogP contribution in [0.3, 0.4) is 0 Å². The SMILES string of the molecule is CSCCC(N)c1nc(Cc2ccccc2Cl)no1. The highest BCUT2D eigenvalue weighted by molar-refractivity contribution is 7.98. The van der Waals surface area contributed by atoms with Gasteiger partial charge in [-0.3, -0.25) is 0 Å². The van der Waals surface area contributed by atoms with Gasteiger partial charge in [0.15, 0.2) is 5.82 Å². The van der Waals surface area contributed by atoms with Crippen LogP contribution in [0.1, 0.15) is 29.7 Å². The maximum Gasteiger partial charge on any atom is 0.243 e. The van der Waals surface area contributed by atoms with Crippen molar-refractivity contribution >= 4 is 23.4 Å². The summed E-state index contributed by atoms with van der Waals surface area (Å²) in [5, 5.41) is 4.66. The summed E-state index contributed by atoms with van der Waals surface area (Å²) in [6.45, 7) is 0. The molecular weight excluding hydrogens is 282 g/mol. The van der Waals surface area contributed by atoms with Gasteiger partial charge < -0.3 is 10.3 Å². The van der Waals surface area contributed by atoms with Crippen LogP contribution in [0.5, 0.6) is 0 Å². The Morgan fingerprint density at radius 2 is 2.21 bits per heavy atom. The lowest BCUT2D eigenvalue weighted by Crippen LogP contribution is -2.11. The van der Waals surface area contributed by atoms with E-state index in [1.54, 1.807) is 11.8 Å². The van der Waals surface area contributed by atoms with Crippen molar-refractivity contribution in [2.24, 2.45) is 5.73 Å². The Labute approximate surface area is 121 Å². The number of rotatable bonds is 6. The van der Waals surface area contributed by atoms with E-state index in [0.29, 0.717) is 23.2 Å². The first-order chi connectivity index (χ1) is 9.20. The van der Waals surface area contributed by atoms with Gasteiger partial charge >= 0.3 is 0 Å². The smallest absolute Gasteiger partial charge is 0.243 e. The molecule has 0 bridgehead atoms. The number of aromatic nitrogens is 2. The molecule has 2 N–H and O–H groups in total. The van der Waals surface area contributed by atoms with Gasteiger partial charge in [0, 0.05) is 11.4 Å². The molecule has 2 rings (SSSR count). The second kappa shape index (κ2) is 6.93. The average molecular weight is 298 g/mol. The fourth-order valence-electron chi connectivity index (χ4n) is 1.67. The van der Waals surface area contributed by atoms with E-state index in [-0.39, 0.29) is 6.04 Å². The highest BCUT2D eigenvalue weighted by Gasteiger charge is 2.15. The monoisotopic (exact) mass is 297 g/mol. The van der Waals surface area contributed by atoms with Crippen molar-refractivity contribution in [1.29, 1.82) is 0 Å². The van der Waals surface area contributed by atoms with Crippen LogP contribution in [0.2, 0.25) is 5.02 Å². The minimum absolute atomic E-state index is 0.194. The van der Waals surface area contributed by atoms with Crippen LogP contribution >= 0.6 is 23.4 Å². The van der Waals surface area contributed by atoms with E-state index >= 15 is 0 Å². The molecule has 0 saturated heterocycles. The predicted octanol–water partition coefficient (Wildman–Crippen LogP) is 3.07. The topological polar surface area (TPSA) is 64.9 Å². The number of thioether (sulfide) groups is 1. The molecule has 1 heterocycles. The van der Waals surface area contributed by atoms with E-state index in [2.05, 4.69) is 10.1 Å². The zero-order valence-electron chi connectivity index (χ0n) is 10.7. The third kappa shape index (κ3) is 3.96. The zero-order valence-corrected chi connectivity index (χ0v) is 12.2. The second-order valence-electron chi connectivity index (χ2n) is 4.20. The van der Waals surface area contributed by atoms with Crippen LogP contribution in [-0.4, -0.2) is 22.1 Å². The molecule has 19 heavy (non-hydrogen) atoms. The minimum atomic E-state index is -0.194. The molecule has 1 unspecified atom stereocenters. The number of nitrogens with two attached hydrogens (primary N) is 1. The number of hydrogen-bond acceptors (Lipinski definition) is 5. The lowest BCUT2D eigenvalue weighted by Gasteiger charge is -2.03. The van der Waals surface area contributed by atoms with Crippen LogP contribution in [0.25, 0.3) is 0 Å². The lowest BCUT2D eigenvalue weighted by atomic mass is 10.1. The third-order valence-corrected chi connectivity index (χ3v) is 3.75. The molecule has 0 radical (unpaired) electrons. The predicted molar refractivity (Wildman–Crippen MR) is 78.5 cm³/mol. The van der Waals surface area contributed by atoms with Crippen LogP contribution < -0.4 is 5.73 Å². The minimum Gasteiger partial charge on any atom is -0.338 e. The Hall–Kier alpha value is -1.04. The van der Waals surface area contributed by atoms with Crippen LogP contribution in [0.15, 0.2) is 28.8 Å². The van der Waals surface area contributed by atoms with Gasteiger partial charge in [-0.25, -0.2) is 0 Å². The van der Waals surface area contributed by atoms with Crippen LogP contribution in [0.4, 0.5) is 0 Å². The Bertz CT molecular complexity index is 532. The molecule has 0 aliphatic carbocycles. The summed E-state index contributed by atoms with van der Waals surface area (Å²) < 4.78 is 5.20. The van der Waals surface area contributed by atoms with E-state index in [0.717, 1.165) is 17.7 Å². The lowest BCUT2D eigenvalue weighted by molar-refractivity contribution is 0.349. The average Bonchev–Trinajstić information content (AvgIpc) is 2.87. The highest BCUT2D eigenvalue weighted by atomic mass is 35.5. The highest BCUT2D eigenvalue weighted by Crippen LogP contribution is 2.19. The Balaban J connectivity index is 2.03. The van der Waals surface area contributed by atoms with Crippen molar-refractivity contribution in [2.45, 2.75) is 18.9 Å². The van der Waals surface area contributed by atoms with Gasteiger partial charge in [0.25, 0.3) is 0 Å². The van der Waals surface area contributed by atoms with Crippen molar-refractivity contribution in [3.05, 3.63) is 46.6 Å². The fraction of sp³-hybridized carbons (Fsp3) is 0.385. The summed E-state index contributed by atoms with van der Waals surface area (Å²) >= 11 is 7.85. The molecule has 6 heteroatoms. The molecule has 4 nitrogen and oxygen atoms in total. The number of benzene rings is 1. The Kier molecular flexibility index (Phi) is 5.24. The second-order valence-corrected chi connectivity index (χ2v) is 5.60. The van der Waals surface area contributed by atoms with Gasteiger partial charge in [-0.05, 0) is 30.1 Å². The van der Waals surface area contributed by atoms with Crippen molar-refractivity contribution in [3.8, 4) is 0 Å². The standard InChI is InChI=1S/C13H16ClN3OS/c1-19-7-6-11(15)13-16-12(17-18-13)8-9-4-2-3-5-10(9)14/h2-5,11H,6-8,15H2,1H3. The van der Waals surface area contributed by atoms with E-state index in [9.17, 15) is 0 Å². The maximum atomic E-state index is 6.10. The fourth-order valence-corrected chi connectivity index (χ4v) is 2.36. The van der Waals surface area contributed by atoms with Crippen molar-refractivity contribution in [1.82, 2.24) is 10.1 Å². The molecule has 0 spiro atoms. The number of hydrogen-bond donors (Lipinski definition) is 1. The molecule has 102 valence electrons. The maximum absolute atomic E-state index is 6.10. The summed E-state index contributed by atoms with van der Waals surface area (Å²) in [4.78, 5) is 4.33. The molecule has 1 aromatic carbocycles. The largest absolute Gasteiger partial charge is 0.338 e. The number of halogens is 1. The van der Waals surface area contributed by atoms with Gasteiger partial charge in [-0.1, -0.05) is 35.0 Å². The van der Waals surface area contributed by atoms with E-state index in [1.165, 1.54) is 0 Å². The molecule has 0 amide bonds. The van der Waals surface area contributed by atoms with Crippen molar-refractivity contribution in [2.75, 3.05) is 12.0 Å². The molecule has 0 aliphatic heterocycles. The molecule has 2 aromatic rings.